The van der Waals surface area contributed by atoms with Crippen LogP contribution < -0.4 is 0 Å². The van der Waals surface area contributed by atoms with E-state index in [0.717, 1.165) is 12.8 Å². The van der Waals surface area contributed by atoms with Gasteiger partial charge < -0.3 is 0 Å². The molecular weight excluding hydrogens is 284 g/mol. The Bertz CT molecular complexity index is 338. The maximum atomic E-state index is 11.9. The van der Waals surface area contributed by atoms with Crippen LogP contribution in [0.4, 0.5) is 0 Å². The molecule has 0 aliphatic rings. The molecule has 0 rings (SSSR count). The van der Waals surface area contributed by atoms with Crippen molar-refractivity contribution in [2.24, 2.45) is 0 Å². The van der Waals surface area contributed by atoms with Gasteiger partial charge in [-0.3, -0.25) is 4.18 Å². The molecule has 128 valence electrons. The zero-order valence-corrected chi connectivity index (χ0v) is 15.4. The Balaban J connectivity index is 3.70. The first-order valence-electron chi connectivity index (χ1n) is 8.73. The molecule has 0 saturated carbocycles. The highest BCUT2D eigenvalue weighted by atomic mass is 32.2. The molecule has 0 aromatic carbocycles. The Kier molecular flexibility index (Phi) is 11.4. The predicted octanol–water partition coefficient (Wildman–Crippen LogP) is 5.44. The first kappa shape index (κ1) is 20.9. The van der Waals surface area contributed by atoms with Crippen molar-refractivity contribution in [2.75, 3.05) is 7.11 Å². The van der Waals surface area contributed by atoms with Gasteiger partial charge in [-0.2, -0.15) is 8.42 Å². The molecule has 0 fully saturated rings. The monoisotopic (exact) mass is 320 g/mol. The molecule has 0 saturated heterocycles. The highest BCUT2D eigenvalue weighted by Gasteiger charge is 2.37. The largest absolute Gasteiger partial charge is 0.273 e. The molecule has 0 aliphatic carbocycles. The topological polar surface area (TPSA) is 43.4 Å². The quantitative estimate of drug-likeness (QED) is 0.316. The standard InChI is InChI=1S/C17H36O3S/c1-5-7-8-9-10-11-12-13-14-15-16-17(3,6-2)21(18,19)20-4/h5-16H2,1-4H3. The van der Waals surface area contributed by atoms with E-state index in [4.69, 9.17) is 4.18 Å². The second kappa shape index (κ2) is 11.5. The lowest BCUT2D eigenvalue weighted by molar-refractivity contribution is 0.351. The fraction of sp³-hybridized carbons (Fsp3) is 1.00. The van der Waals surface area contributed by atoms with E-state index in [1.54, 1.807) is 6.92 Å². The molecular formula is C17H36O3S. The lowest BCUT2D eigenvalue weighted by atomic mass is 9.98. The summed E-state index contributed by atoms with van der Waals surface area (Å²) in [6.45, 7) is 5.97. The second-order valence-corrected chi connectivity index (χ2v) is 8.58. The average molecular weight is 321 g/mol. The lowest BCUT2D eigenvalue weighted by Crippen LogP contribution is -2.35. The van der Waals surface area contributed by atoms with Gasteiger partial charge in [0.2, 0.25) is 0 Å². The molecule has 0 spiro atoms. The van der Waals surface area contributed by atoms with Gasteiger partial charge in [0.1, 0.15) is 0 Å². The summed E-state index contributed by atoms with van der Waals surface area (Å²) >= 11 is 0. The third-order valence-electron chi connectivity index (χ3n) is 4.63. The van der Waals surface area contributed by atoms with Crippen molar-refractivity contribution in [2.45, 2.75) is 103 Å². The van der Waals surface area contributed by atoms with Crippen molar-refractivity contribution in [3.8, 4) is 0 Å². The predicted molar refractivity (Wildman–Crippen MR) is 91.1 cm³/mol. The van der Waals surface area contributed by atoms with Crippen LogP contribution in [0.2, 0.25) is 0 Å². The van der Waals surface area contributed by atoms with Crippen molar-refractivity contribution in [1.82, 2.24) is 0 Å². The van der Waals surface area contributed by atoms with Crippen LogP contribution in [-0.2, 0) is 14.3 Å². The van der Waals surface area contributed by atoms with Crippen LogP contribution in [0.25, 0.3) is 0 Å². The van der Waals surface area contributed by atoms with E-state index in [-0.39, 0.29) is 0 Å². The van der Waals surface area contributed by atoms with Gasteiger partial charge in [-0.05, 0) is 19.8 Å². The molecule has 0 N–H and O–H groups in total. The summed E-state index contributed by atoms with van der Waals surface area (Å²) < 4.78 is 27.8. The number of hydrogen-bond acceptors (Lipinski definition) is 3. The Labute approximate surface area is 133 Å². The second-order valence-electron chi connectivity index (χ2n) is 6.36. The Morgan fingerprint density at radius 1 is 0.810 bits per heavy atom. The number of hydrogen-bond donors (Lipinski definition) is 0. The van der Waals surface area contributed by atoms with Crippen LogP contribution >= 0.6 is 0 Å². The first-order valence-corrected chi connectivity index (χ1v) is 10.1. The third-order valence-corrected chi connectivity index (χ3v) is 6.77. The maximum Gasteiger partial charge on any atom is 0.272 e. The molecule has 1 unspecified atom stereocenters. The molecule has 0 amide bonds. The van der Waals surface area contributed by atoms with Gasteiger partial charge in [0, 0.05) is 0 Å². The molecule has 0 radical (unpaired) electrons. The lowest BCUT2D eigenvalue weighted by Gasteiger charge is -2.26. The minimum Gasteiger partial charge on any atom is -0.273 e. The highest BCUT2D eigenvalue weighted by molar-refractivity contribution is 7.88. The van der Waals surface area contributed by atoms with Crippen LogP contribution in [-0.4, -0.2) is 20.3 Å². The smallest absolute Gasteiger partial charge is 0.272 e. The van der Waals surface area contributed by atoms with Gasteiger partial charge >= 0.3 is 0 Å². The van der Waals surface area contributed by atoms with Crippen LogP contribution in [0.5, 0.6) is 0 Å². The summed E-state index contributed by atoms with van der Waals surface area (Å²) in [5, 5.41) is 0. The SMILES string of the molecule is CCCCCCCCCCCCC(C)(CC)S(=O)(=O)OC. The fourth-order valence-electron chi connectivity index (χ4n) is 2.67. The Morgan fingerprint density at radius 2 is 1.24 bits per heavy atom. The fourth-order valence-corrected chi connectivity index (χ4v) is 3.82. The van der Waals surface area contributed by atoms with Gasteiger partial charge in [0.25, 0.3) is 10.1 Å². The molecule has 4 heteroatoms. The van der Waals surface area contributed by atoms with Crippen LogP contribution in [0.1, 0.15) is 97.8 Å². The zero-order valence-electron chi connectivity index (χ0n) is 14.6. The normalized spacial score (nSPS) is 15.0. The van der Waals surface area contributed by atoms with Gasteiger partial charge in [0.15, 0.2) is 0 Å². The van der Waals surface area contributed by atoms with Crippen molar-refractivity contribution in [1.29, 1.82) is 0 Å². The molecule has 0 bridgehead atoms. The summed E-state index contributed by atoms with van der Waals surface area (Å²) in [4.78, 5) is 0. The van der Waals surface area contributed by atoms with E-state index in [2.05, 4.69) is 6.92 Å². The van der Waals surface area contributed by atoms with E-state index < -0.39 is 14.9 Å². The molecule has 21 heavy (non-hydrogen) atoms. The minimum atomic E-state index is -3.42. The third kappa shape index (κ3) is 8.20. The Morgan fingerprint density at radius 3 is 1.62 bits per heavy atom. The number of unbranched alkanes of at least 4 members (excludes halogenated alkanes) is 9. The summed E-state index contributed by atoms with van der Waals surface area (Å²) in [7, 11) is -2.15. The van der Waals surface area contributed by atoms with Crippen molar-refractivity contribution < 1.29 is 12.6 Å². The van der Waals surface area contributed by atoms with Crippen LogP contribution in [0.15, 0.2) is 0 Å². The van der Waals surface area contributed by atoms with E-state index in [0.29, 0.717) is 12.8 Å². The highest BCUT2D eigenvalue weighted by Crippen LogP contribution is 2.29. The number of rotatable bonds is 14. The summed E-state index contributed by atoms with van der Waals surface area (Å²) in [6, 6.07) is 0. The van der Waals surface area contributed by atoms with Crippen LogP contribution in [0, 0.1) is 0 Å². The van der Waals surface area contributed by atoms with Crippen molar-refractivity contribution >= 4 is 10.1 Å². The zero-order chi connectivity index (χ0) is 16.2. The van der Waals surface area contributed by atoms with E-state index in [1.807, 2.05) is 6.92 Å². The average Bonchev–Trinajstić information content (AvgIpc) is 2.48. The Hall–Kier alpha value is -0.0900. The molecule has 1 atom stereocenters. The molecule has 0 heterocycles. The maximum absolute atomic E-state index is 11.9. The van der Waals surface area contributed by atoms with E-state index in [1.165, 1.54) is 58.5 Å². The molecule has 0 aromatic heterocycles. The van der Waals surface area contributed by atoms with Gasteiger partial charge in [-0.25, -0.2) is 0 Å². The van der Waals surface area contributed by atoms with Gasteiger partial charge in [0.05, 0.1) is 11.9 Å². The summed E-state index contributed by atoms with van der Waals surface area (Å²) in [6.07, 6.45) is 14.0. The summed E-state index contributed by atoms with van der Waals surface area (Å²) in [5.41, 5.74) is 0. The van der Waals surface area contributed by atoms with Gasteiger partial charge in [-0.15, -0.1) is 0 Å². The first-order chi connectivity index (χ1) is 9.93. The van der Waals surface area contributed by atoms with Crippen LogP contribution in [0.3, 0.4) is 0 Å². The van der Waals surface area contributed by atoms with Gasteiger partial charge in [-0.1, -0.05) is 78.1 Å². The van der Waals surface area contributed by atoms with E-state index >= 15 is 0 Å². The molecule has 3 nitrogen and oxygen atoms in total. The minimum absolute atomic E-state index is 0.612. The van der Waals surface area contributed by atoms with Crippen molar-refractivity contribution in [3.63, 3.8) is 0 Å². The molecule has 0 aliphatic heterocycles. The van der Waals surface area contributed by atoms with E-state index in [9.17, 15) is 8.42 Å². The summed E-state index contributed by atoms with van der Waals surface area (Å²) in [5.74, 6) is 0. The molecule has 0 aromatic rings. The van der Waals surface area contributed by atoms with Crippen molar-refractivity contribution in [3.05, 3.63) is 0 Å².